The first-order valence-corrected chi connectivity index (χ1v) is 9.28. The average Bonchev–Trinajstić information content (AvgIpc) is 3.25. The number of hydrogen-bond donors (Lipinski definition) is 0. The third-order valence-electron chi connectivity index (χ3n) is 5.76. The normalized spacial score (nSPS) is 22.3. The summed E-state index contributed by atoms with van der Waals surface area (Å²) in [5, 5.41) is 8.43. The predicted octanol–water partition coefficient (Wildman–Crippen LogP) is 1.80. The second-order valence-electron chi connectivity index (χ2n) is 8.25. The van der Waals surface area contributed by atoms with Crippen LogP contribution in [0.3, 0.4) is 0 Å². The molecule has 0 N–H and O–H groups in total. The van der Waals surface area contributed by atoms with Crippen molar-refractivity contribution < 1.29 is 9.21 Å². The van der Waals surface area contributed by atoms with Crippen molar-refractivity contribution in [2.75, 3.05) is 26.2 Å². The lowest BCUT2D eigenvalue weighted by molar-refractivity contribution is -0.134. The van der Waals surface area contributed by atoms with Crippen LogP contribution in [-0.4, -0.2) is 56.7 Å². The van der Waals surface area contributed by atoms with E-state index in [1.54, 1.807) is 6.33 Å². The van der Waals surface area contributed by atoms with Gasteiger partial charge < -0.3 is 13.9 Å². The first-order chi connectivity index (χ1) is 12.4. The molecule has 0 aromatic carbocycles. The van der Waals surface area contributed by atoms with Crippen molar-refractivity contribution in [1.82, 2.24) is 24.6 Å². The molecule has 4 heterocycles. The Morgan fingerprint density at radius 2 is 2.12 bits per heavy atom. The van der Waals surface area contributed by atoms with Crippen molar-refractivity contribution in [3.63, 3.8) is 0 Å². The molecule has 0 bridgehead atoms. The van der Waals surface area contributed by atoms with Crippen molar-refractivity contribution in [3.8, 4) is 0 Å². The molecular weight excluding hydrogens is 330 g/mol. The van der Waals surface area contributed by atoms with E-state index in [1.165, 1.54) is 0 Å². The van der Waals surface area contributed by atoms with E-state index in [9.17, 15) is 4.79 Å². The van der Waals surface area contributed by atoms with Gasteiger partial charge in [-0.1, -0.05) is 13.8 Å². The van der Waals surface area contributed by atoms with Gasteiger partial charge in [0.15, 0.2) is 0 Å². The molecule has 4 rings (SSSR count). The van der Waals surface area contributed by atoms with Crippen LogP contribution in [0.2, 0.25) is 0 Å². The van der Waals surface area contributed by atoms with Gasteiger partial charge in [0, 0.05) is 50.5 Å². The smallest absolute Gasteiger partial charge is 0.225 e. The van der Waals surface area contributed by atoms with E-state index in [2.05, 4.69) is 15.1 Å². The van der Waals surface area contributed by atoms with Crippen LogP contribution in [0.4, 0.5) is 0 Å². The van der Waals surface area contributed by atoms with Gasteiger partial charge in [-0.25, -0.2) is 0 Å². The van der Waals surface area contributed by atoms with Gasteiger partial charge in [-0.2, -0.15) is 0 Å². The summed E-state index contributed by atoms with van der Waals surface area (Å²) < 4.78 is 7.71. The number of likely N-dealkylation sites (tertiary alicyclic amines) is 2. The Labute approximate surface area is 154 Å². The highest BCUT2D eigenvalue weighted by atomic mass is 16.3. The molecular formula is C19H27N5O2. The zero-order chi connectivity index (χ0) is 18.5. The van der Waals surface area contributed by atoms with Crippen molar-refractivity contribution in [3.05, 3.63) is 35.8 Å². The number of carbonyl (C=O) groups is 1. The van der Waals surface area contributed by atoms with E-state index < -0.39 is 0 Å². The molecule has 2 fully saturated rings. The predicted molar refractivity (Wildman–Crippen MR) is 96.3 cm³/mol. The van der Waals surface area contributed by atoms with Crippen LogP contribution in [0.15, 0.2) is 22.9 Å². The summed E-state index contributed by atoms with van der Waals surface area (Å²) in [5.74, 6) is 3.41. The second kappa shape index (κ2) is 6.23. The van der Waals surface area contributed by atoms with E-state index in [4.69, 9.17) is 4.42 Å². The molecule has 7 heteroatoms. The lowest BCUT2D eigenvalue weighted by atomic mass is 9.71. The maximum atomic E-state index is 12.6. The fourth-order valence-corrected chi connectivity index (χ4v) is 4.53. The minimum absolute atomic E-state index is 0.0209. The topological polar surface area (TPSA) is 67.4 Å². The average molecular weight is 357 g/mol. The number of nitrogens with zero attached hydrogens (tertiary/aromatic N) is 5. The molecule has 1 unspecified atom stereocenters. The Kier molecular flexibility index (Phi) is 4.14. The molecule has 1 spiro atoms. The minimum atomic E-state index is 0.0209. The highest BCUT2D eigenvalue weighted by molar-refractivity contribution is 5.78. The van der Waals surface area contributed by atoms with Crippen LogP contribution in [0.25, 0.3) is 0 Å². The Balaban J connectivity index is 1.53. The fraction of sp³-hybridized carbons (Fsp3) is 0.632. The van der Waals surface area contributed by atoms with Crippen LogP contribution in [0, 0.1) is 18.3 Å². The van der Waals surface area contributed by atoms with Gasteiger partial charge in [0.2, 0.25) is 5.91 Å². The second-order valence-corrected chi connectivity index (χ2v) is 8.25. The Bertz CT molecular complexity index is 802. The molecule has 7 nitrogen and oxygen atoms in total. The molecule has 2 aromatic heterocycles. The number of carbonyl (C=O) groups excluding carboxylic acids is 1. The maximum absolute atomic E-state index is 12.6. The lowest BCUT2D eigenvalue weighted by Crippen LogP contribution is -2.59. The number of hydrogen-bond acceptors (Lipinski definition) is 5. The van der Waals surface area contributed by atoms with Gasteiger partial charge in [0.25, 0.3) is 0 Å². The van der Waals surface area contributed by atoms with Gasteiger partial charge in [-0.3, -0.25) is 9.69 Å². The van der Waals surface area contributed by atoms with E-state index in [0.29, 0.717) is 0 Å². The van der Waals surface area contributed by atoms with Gasteiger partial charge in [-0.15, -0.1) is 10.2 Å². The highest BCUT2D eigenvalue weighted by Gasteiger charge is 2.56. The first kappa shape index (κ1) is 17.3. The monoisotopic (exact) mass is 357 g/mol. The van der Waals surface area contributed by atoms with Gasteiger partial charge in [0.05, 0.1) is 6.54 Å². The highest BCUT2D eigenvalue weighted by Crippen LogP contribution is 2.49. The Morgan fingerprint density at radius 1 is 1.35 bits per heavy atom. The molecule has 2 aromatic rings. The molecule has 140 valence electrons. The first-order valence-electron chi connectivity index (χ1n) is 9.28. The van der Waals surface area contributed by atoms with Crippen LogP contribution >= 0.6 is 0 Å². The Hall–Kier alpha value is -2.15. The molecule has 0 radical (unpaired) electrons. The third kappa shape index (κ3) is 2.84. The van der Waals surface area contributed by atoms with Crippen LogP contribution in [0.5, 0.6) is 0 Å². The summed E-state index contributed by atoms with van der Waals surface area (Å²) in [6, 6.07) is 4.05. The van der Waals surface area contributed by atoms with Gasteiger partial charge in [-0.05, 0) is 19.1 Å². The molecule has 0 saturated carbocycles. The van der Waals surface area contributed by atoms with Crippen LogP contribution < -0.4 is 0 Å². The molecule has 2 aliphatic rings. The zero-order valence-electron chi connectivity index (χ0n) is 16.0. The van der Waals surface area contributed by atoms with E-state index >= 15 is 0 Å². The summed E-state index contributed by atoms with van der Waals surface area (Å²) in [6.07, 6.45) is 1.75. The quantitative estimate of drug-likeness (QED) is 0.835. The van der Waals surface area contributed by atoms with Gasteiger partial charge in [0.1, 0.15) is 23.7 Å². The summed E-state index contributed by atoms with van der Waals surface area (Å²) in [4.78, 5) is 17.0. The van der Waals surface area contributed by atoms with Crippen molar-refractivity contribution >= 4 is 5.91 Å². The maximum Gasteiger partial charge on any atom is 0.225 e. The molecule has 2 saturated heterocycles. The molecule has 0 aliphatic carbocycles. The minimum Gasteiger partial charge on any atom is -0.465 e. The van der Waals surface area contributed by atoms with E-state index in [0.717, 1.165) is 50.1 Å². The summed E-state index contributed by atoms with van der Waals surface area (Å²) in [6.45, 7) is 10.2. The van der Waals surface area contributed by atoms with Gasteiger partial charge >= 0.3 is 0 Å². The molecule has 26 heavy (non-hydrogen) atoms. The number of aryl methyl sites for hydroxylation is 2. The van der Waals surface area contributed by atoms with Crippen molar-refractivity contribution in [1.29, 1.82) is 0 Å². The number of rotatable bonds is 4. The van der Waals surface area contributed by atoms with E-state index in [-0.39, 0.29) is 23.2 Å². The zero-order valence-corrected chi connectivity index (χ0v) is 16.0. The fourth-order valence-electron chi connectivity index (χ4n) is 4.53. The summed E-state index contributed by atoms with van der Waals surface area (Å²) in [5.41, 5.74) is 0.0625. The number of furan rings is 1. The largest absolute Gasteiger partial charge is 0.465 e. The SMILES string of the molecule is Cc1ccc(CN2CC3(C2)CN(C(=O)C(C)C)CC3c2nncn2C)o1. The summed E-state index contributed by atoms with van der Waals surface area (Å²) >= 11 is 0. The van der Waals surface area contributed by atoms with E-state index in [1.807, 2.05) is 49.4 Å². The van der Waals surface area contributed by atoms with Crippen LogP contribution in [0.1, 0.15) is 37.1 Å². The third-order valence-corrected chi connectivity index (χ3v) is 5.76. The molecule has 1 atom stereocenters. The van der Waals surface area contributed by atoms with Crippen molar-refractivity contribution in [2.24, 2.45) is 18.4 Å². The number of amides is 1. The van der Waals surface area contributed by atoms with Crippen LogP contribution in [-0.2, 0) is 18.4 Å². The molecule has 2 aliphatic heterocycles. The molecule has 1 amide bonds. The summed E-state index contributed by atoms with van der Waals surface area (Å²) in [7, 11) is 1.98. The standard InChI is InChI=1S/C19H27N5O2/c1-13(2)18(25)24-8-16(17-21-20-12-22(17)4)19(11-24)9-23(10-19)7-15-6-5-14(3)26-15/h5-6,12-13,16H,7-11H2,1-4H3. The number of aromatic nitrogens is 3. The van der Waals surface area contributed by atoms with Crippen molar-refractivity contribution in [2.45, 2.75) is 33.2 Å². The Morgan fingerprint density at radius 3 is 2.69 bits per heavy atom. The lowest BCUT2D eigenvalue weighted by Gasteiger charge is -2.50.